The molecule has 3 N–H and O–H groups in total. The Bertz CT molecular complexity index is 983. The molecule has 8 nitrogen and oxygen atoms in total. The number of amides is 2. The number of primary amides is 1. The Morgan fingerprint density at radius 1 is 1.28 bits per heavy atom. The maximum Gasteiger partial charge on any atom is 0.258 e. The Hall–Kier alpha value is -2.43. The van der Waals surface area contributed by atoms with Gasteiger partial charge in [-0.1, -0.05) is 6.07 Å². The summed E-state index contributed by atoms with van der Waals surface area (Å²) in [7, 11) is -3.69. The first-order valence-electron chi connectivity index (χ1n) is 9.18. The second kappa shape index (κ2) is 8.93. The number of carbonyl (C=O) groups excluding carboxylic acids is 2. The molecule has 2 aromatic rings. The second-order valence-corrected chi connectivity index (χ2v) is 9.64. The number of thiophene rings is 1. The molecule has 1 fully saturated rings. The zero-order valence-electron chi connectivity index (χ0n) is 16.0. The summed E-state index contributed by atoms with van der Waals surface area (Å²) >= 11 is 1.53. The lowest BCUT2D eigenvalue weighted by molar-refractivity contribution is -0.123. The Labute approximate surface area is 173 Å². The van der Waals surface area contributed by atoms with Crippen LogP contribution in [0.15, 0.2) is 40.6 Å². The summed E-state index contributed by atoms with van der Waals surface area (Å²) in [5.41, 5.74) is 5.33. The van der Waals surface area contributed by atoms with Crippen LogP contribution in [0.25, 0.3) is 0 Å². The van der Waals surface area contributed by atoms with E-state index >= 15 is 0 Å². The summed E-state index contributed by atoms with van der Waals surface area (Å²) in [6.45, 7) is 2.44. The van der Waals surface area contributed by atoms with E-state index < -0.39 is 15.9 Å². The zero-order chi connectivity index (χ0) is 21.0. The van der Waals surface area contributed by atoms with E-state index in [1.165, 1.54) is 33.8 Å². The van der Waals surface area contributed by atoms with Gasteiger partial charge >= 0.3 is 0 Å². The van der Waals surface area contributed by atoms with Crippen molar-refractivity contribution in [3.8, 4) is 5.75 Å². The number of nitrogens with zero attached hydrogens (tertiary/aromatic N) is 1. The van der Waals surface area contributed by atoms with Gasteiger partial charge in [-0.25, -0.2) is 8.42 Å². The van der Waals surface area contributed by atoms with Crippen LogP contribution in [0.2, 0.25) is 0 Å². The number of hydrogen-bond acceptors (Lipinski definition) is 6. The number of nitrogens with one attached hydrogen (secondary N) is 1. The second-order valence-electron chi connectivity index (χ2n) is 6.73. The maximum atomic E-state index is 12.7. The predicted molar refractivity (Wildman–Crippen MR) is 109 cm³/mol. The van der Waals surface area contributed by atoms with E-state index in [-0.39, 0.29) is 34.8 Å². The van der Waals surface area contributed by atoms with Crippen molar-refractivity contribution in [1.29, 1.82) is 0 Å². The number of hydrogen-bond donors (Lipinski definition) is 2. The van der Waals surface area contributed by atoms with Gasteiger partial charge < -0.3 is 15.8 Å². The molecule has 1 aromatic carbocycles. The normalized spacial score (nSPS) is 15.8. The molecule has 1 aliphatic heterocycles. The van der Waals surface area contributed by atoms with E-state index in [4.69, 9.17) is 10.5 Å². The lowest BCUT2D eigenvalue weighted by Crippen LogP contribution is -2.31. The average molecular weight is 438 g/mol. The summed E-state index contributed by atoms with van der Waals surface area (Å²) in [4.78, 5) is 25.0. The van der Waals surface area contributed by atoms with E-state index in [0.717, 1.165) is 17.7 Å². The highest BCUT2D eigenvalue weighted by Crippen LogP contribution is 2.26. The minimum Gasteiger partial charge on any atom is -0.483 e. The van der Waals surface area contributed by atoms with Crippen molar-refractivity contribution in [2.45, 2.75) is 30.7 Å². The van der Waals surface area contributed by atoms with Gasteiger partial charge in [0.2, 0.25) is 10.0 Å². The van der Waals surface area contributed by atoms with E-state index in [0.29, 0.717) is 13.1 Å². The molecule has 29 heavy (non-hydrogen) atoms. The van der Waals surface area contributed by atoms with Gasteiger partial charge in [0.15, 0.2) is 6.61 Å². The number of rotatable bonds is 8. The molecule has 0 saturated carbocycles. The molecule has 1 atom stereocenters. The summed E-state index contributed by atoms with van der Waals surface area (Å²) in [5.74, 6) is -1.13. The Kier molecular flexibility index (Phi) is 6.56. The van der Waals surface area contributed by atoms with Crippen LogP contribution in [0.4, 0.5) is 0 Å². The molecule has 0 spiro atoms. The van der Waals surface area contributed by atoms with Crippen molar-refractivity contribution in [2.24, 2.45) is 5.73 Å². The van der Waals surface area contributed by atoms with Crippen molar-refractivity contribution in [3.05, 3.63) is 46.2 Å². The number of sulfonamides is 1. The summed E-state index contributed by atoms with van der Waals surface area (Å²) in [5, 5.41) is 4.72. The van der Waals surface area contributed by atoms with Crippen molar-refractivity contribution in [3.63, 3.8) is 0 Å². The van der Waals surface area contributed by atoms with Gasteiger partial charge in [0.1, 0.15) is 5.75 Å². The van der Waals surface area contributed by atoms with E-state index in [9.17, 15) is 18.0 Å². The lowest BCUT2D eigenvalue weighted by Gasteiger charge is -2.17. The first-order chi connectivity index (χ1) is 13.8. The van der Waals surface area contributed by atoms with Crippen LogP contribution in [0.5, 0.6) is 5.75 Å². The third-order valence-corrected chi connectivity index (χ3v) is 7.58. The highest BCUT2D eigenvalue weighted by Gasteiger charge is 2.28. The smallest absolute Gasteiger partial charge is 0.258 e. The predicted octanol–water partition coefficient (Wildman–Crippen LogP) is 1.89. The Morgan fingerprint density at radius 3 is 2.62 bits per heavy atom. The Morgan fingerprint density at radius 2 is 2.00 bits per heavy atom. The standard InChI is InChI=1S/C19H23N3O5S2/c1-13(17-5-4-10-28-17)21-18(23)12-27-16-7-6-14(11-15(16)19(20)24)29(25,26)22-8-2-3-9-22/h4-7,10-11,13H,2-3,8-9,12H2,1H3,(H2,20,24)(H,21,23)/t13-/m1/s1. The zero-order valence-corrected chi connectivity index (χ0v) is 17.6. The van der Waals surface area contributed by atoms with Crippen LogP contribution in [-0.2, 0) is 14.8 Å². The van der Waals surface area contributed by atoms with Gasteiger partial charge in [0, 0.05) is 18.0 Å². The fraction of sp³-hybridized carbons (Fsp3) is 0.368. The molecule has 2 amide bonds. The van der Waals surface area contributed by atoms with E-state index in [2.05, 4.69) is 5.32 Å². The number of nitrogens with two attached hydrogens (primary N) is 1. The highest BCUT2D eigenvalue weighted by atomic mass is 32.2. The first-order valence-corrected chi connectivity index (χ1v) is 11.5. The fourth-order valence-electron chi connectivity index (χ4n) is 3.10. The van der Waals surface area contributed by atoms with Gasteiger partial charge in [-0.3, -0.25) is 9.59 Å². The minimum atomic E-state index is -3.69. The summed E-state index contributed by atoms with van der Waals surface area (Å²) < 4.78 is 32.2. The Balaban J connectivity index is 1.70. The monoisotopic (exact) mass is 437 g/mol. The van der Waals surface area contributed by atoms with Crippen LogP contribution in [-0.4, -0.2) is 44.2 Å². The molecule has 2 heterocycles. The fourth-order valence-corrected chi connectivity index (χ4v) is 5.38. The van der Waals surface area contributed by atoms with Crippen LogP contribution in [0, 0.1) is 0 Å². The van der Waals surface area contributed by atoms with Gasteiger partial charge in [-0.15, -0.1) is 11.3 Å². The van der Waals surface area contributed by atoms with Crippen LogP contribution in [0.3, 0.4) is 0 Å². The number of carbonyl (C=O) groups is 2. The maximum absolute atomic E-state index is 12.7. The molecule has 3 rings (SSSR count). The lowest BCUT2D eigenvalue weighted by atomic mass is 10.2. The number of ether oxygens (including phenoxy) is 1. The largest absolute Gasteiger partial charge is 0.483 e. The number of benzene rings is 1. The molecule has 0 unspecified atom stereocenters. The third-order valence-electron chi connectivity index (χ3n) is 4.63. The molecule has 0 aliphatic carbocycles. The van der Waals surface area contributed by atoms with Gasteiger partial charge in [-0.05, 0) is 49.4 Å². The molecule has 0 bridgehead atoms. The molecule has 156 valence electrons. The van der Waals surface area contributed by atoms with E-state index in [1.54, 1.807) is 0 Å². The van der Waals surface area contributed by atoms with Crippen LogP contribution >= 0.6 is 11.3 Å². The van der Waals surface area contributed by atoms with Crippen molar-refractivity contribution >= 4 is 33.2 Å². The molecular weight excluding hydrogens is 414 g/mol. The molecule has 0 radical (unpaired) electrons. The van der Waals surface area contributed by atoms with Gasteiger partial charge in [0.05, 0.1) is 16.5 Å². The van der Waals surface area contributed by atoms with Crippen LogP contribution in [0.1, 0.15) is 41.0 Å². The SMILES string of the molecule is C[C@@H](NC(=O)COc1ccc(S(=O)(=O)N2CCCC2)cc1C(N)=O)c1cccs1. The van der Waals surface area contributed by atoms with Crippen LogP contribution < -0.4 is 15.8 Å². The van der Waals surface area contributed by atoms with Gasteiger partial charge in [0.25, 0.3) is 11.8 Å². The highest BCUT2D eigenvalue weighted by molar-refractivity contribution is 7.89. The van der Waals surface area contributed by atoms with Gasteiger partial charge in [-0.2, -0.15) is 4.31 Å². The van der Waals surface area contributed by atoms with Crippen molar-refractivity contribution < 1.29 is 22.7 Å². The molecule has 1 saturated heterocycles. The van der Waals surface area contributed by atoms with E-state index in [1.807, 2.05) is 24.4 Å². The molecule has 1 aromatic heterocycles. The molecular formula is C19H23N3O5S2. The molecule has 10 heteroatoms. The van der Waals surface area contributed by atoms with Crippen molar-refractivity contribution in [2.75, 3.05) is 19.7 Å². The average Bonchev–Trinajstić information content (AvgIpc) is 3.40. The topological polar surface area (TPSA) is 119 Å². The quantitative estimate of drug-likeness (QED) is 0.654. The van der Waals surface area contributed by atoms with Crippen molar-refractivity contribution in [1.82, 2.24) is 9.62 Å². The third kappa shape index (κ3) is 4.95. The minimum absolute atomic E-state index is 0.0173. The molecule has 1 aliphatic rings. The first kappa shape index (κ1) is 21.3. The summed E-state index contributed by atoms with van der Waals surface area (Å²) in [6.07, 6.45) is 1.62. The summed E-state index contributed by atoms with van der Waals surface area (Å²) in [6, 6.07) is 7.57.